The number of nitrogens with zero attached hydrogens (tertiary/aromatic N) is 2. The van der Waals surface area contributed by atoms with E-state index in [1.807, 2.05) is 50.4 Å². The molecule has 1 N–H and O–H groups in total. The number of halogens is 3. The van der Waals surface area contributed by atoms with Crippen LogP contribution in [0, 0.1) is 5.92 Å². The number of hydrogen-bond donors (Lipinski definition) is 1. The molecule has 4 aromatic rings. The standard InChI is InChI=1S/C31H32F3N3O2/c1-22(2)19-37(30(39)24-8-4-3-5-9-24)21-29(38)36(20-23-12-14-26(15-13-23)31(32,33)34)17-16-25-18-35-28-11-7-6-10-27(25)28/h3-15,18,22,35H,16-17,19-21H2,1-2H3. The zero-order valence-electron chi connectivity index (χ0n) is 22.0. The maximum atomic E-state index is 13.7. The molecule has 3 aromatic carbocycles. The van der Waals surface area contributed by atoms with Gasteiger partial charge in [-0.3, -0.25) is 9.59 Å². The van der Waals surface area contributed by atoms with Crippen LogP contribution in [0.25, 0.3) is 10.9 Å². The molecule has 0 bridgehead atoms. The predicted molar refractivity (Wildman–Crippen MR) is 146 cm³/mol. The minimum atomic E-state index is -4.43. The molecule has 0 radical (unpaired) electrons. The summed E-state index contributed by atoms with van der Waals surface area (Å²) in [6.45, 7) is 4.71. The highest BCUT2D eigenvalue weighted by molar-refractivity contribution is 5.96. The largest absolute Gasteiger partial charge is 0.416 e. The molecule has 1 heterocycles. The zero-order chi connectivity index (χ0) is 28.0. The Hall–Kier alpha value is -4.07. The number of amides is 2. The number of nitrogens with one attached hydrogen (secondary N) is 1. The van der Waals surface area contributed by atoms with Crippen molar-refractivity contribution in [3.05, 3.63) is 107 Å². The summed E-state index contributed by atoms with van der Waals surface area (Å²) in [4.78, 5) is 33.3. The molecule has 0 fully saturated rings. The van der Waals surface area contributed by atoms with Crippen molar-refractivity contribution in [2.24, 2.45) is 5.92 Å². The van der Waals surface area contributed by atoms with E-state index >= 15 is 0 Å². The third-order valence-corrected chi connectivity index (χ3v) is 6.55. The molecule has 8 heteroatoms. The maximum Gasteiger partial charge on any atom is 0.416 e. The third kappa shape index (κ3) is 7.28. The summed E-state index contributed by atoms with van der Waals surface area (Å²) in [6.07, 6.45) is -1.97. The number of aromatic nitrogens is 1. The van der Waals surface area contributed by atoms with E-state index < -0.39 is 11.7 Å². The number of aromatic amines is 1. The van der Waals surface area contributed by atoms with Gasteiger partial charge in [-0.15, -0.1) is 0 Å². The van der Waals surface area contributed by atoms with Gasteiger partial charge in [0.1, 0.15) is 6.54 Å². The molecule has 0 atom stereocenters. The van der Waals surface area contributed by atoms with Gasteiger partial charge in [-0.05, 0) is 53.8 Å². The van der Waals surface area contributed by atoms with E-state index in [0.717, 1.165) is 28.6 Å². The van der Waals surface area contributed by atoms with Gasteiger partial charge < -0.3 is 14.8 Å². The number of carbonyl (C=O) groups is 2. The Labute approximate surface area is 226 Å². The highest BCUT2D eigenvalue weighted by Gasteiger charge is 2.30. The number of fused-ring (bicyclic) bond motifs is 1. The van der Waals surface area contributed by atoms with E-state index in [1.54, 1.807) is 34.1 Å². The molecule has 204 valence electrons. The lowest BCUT2D eigenvalue weighted by Gasteiger charge is -2.29. The van der Waals surface area contributed by atoms with Gasteiger partial charge in [-0.25, -0.2) is 0 Å². The van der Waals surface area contributed by atoms with Crippen molar-refractivity contribution in [3.8, 4) is 0 Å². The topological polar surface area (TPSA) is 56.4 Å². The number of H-pyrrole nitrogens is 1. The number of carbonyl (C=O) groups excluding carboxylic acids is 2. The van der Waals surface area contributed by atoms with Crippen molar-refractivity contribution < 1.29 is 22.8 Å². The summed E-state index contributed by atoms with van der Waals surface area (Å²) in [6, 6.07) is 21.5. The van der Waals surface area contributed by atoms with Gasteiger partial charge in [-0.1, -0.05) is 62.4 Å². The van der Waals surface area contributed by atoms with Gasteiger partial charge in [0.15, 0.2) is 0 Å². The van der Waals surface area contributed by atoms with E-state index in [0.29, 0.717) is 30.6 Å². The minimum Gasteiger partial charge on any atom is -0.361 e. The number of benzene rings is 3. The summed E-state index contributed by atoms with van der Waals surface area (Å²) in [7, 11) is 0. The molecular weight excluding hydrogens is 503 g/mol. The summed E-state index contributed by atoms with van der Waals surface area (Å²) < 4.78 is 39.2. The predicted octanol–water partition coefficient (Wildman–Crippen LogP) is 6.56. The zero-order valence-corrected chi connectivity index (χ0v) is 22.0. The van der Waals surface area contributed by atoms with Gasteiger partial charge in [0, 0.05) is 42.3 Å². The van der Waals surface area contributed by atoms with Crippen molar-refractivity contribution in [1.82, 2.24) is 14.8 Å². The normalized spacial score (nSPS) is 11.6. The van der Waals surface area contributed by atoms with Crippen LogP contribution >= 0.6 is 0 Å². The molecule has 0 saturated carbocycles. The van der Waals surface area contributed by atoms with Gasteiger partial charge in [0.25, 0.3) is 5.91 Å². The first-order chi connectivity index (χ1) is 18.6. The van der Waals surface area contributed by atoms with E-state index in [2.05, 4.69) is 4.98 Å². The van der Waals surface area contributed by atoms with E-state index in [1.165, 1.54) is 12.1 Å². The van der Waals surface area contributed by atoms with Crippen LogP contribution in [0.15, 0.2) is 85.1 Å². The lowest BCUT2D eigenvalue weighted by Crippen LogP contribution is -2.44. The Kier molecular flexibility index (Phi) is 8.74. The molecule has 4 rings (SSSR count). The number of hydrogen-bond acceptors (Lipinski definition) is 2. The maximum absolute atomic E-state index is 13.7. The van der Waals surface area contributed by atoms with Crippen LogP contribution in [-0.4, -0.2) is 46.2 Å². The first-order valence-corrected chi connectivity index (χ1v) is 12.9. The fourth-order valence-corrected chi connectivity index (χ4v) is 4.59. The van der Waals surface area contributed by atoms with Crippen LogP contribution in [-0.2, 0) is 23.9 Å². The first kappa shape index (κ1) is 28.0. The number of para-hydroxylation sites is 1. The third-order valence-electron chi connectivity index (χ3n) is 6.55. The molecule has 0 aliphatic rings. The van der Waals surface area contributed by atoms with Gasteiger partial charge >= 0.3 is 6.18 Å². The van der Waals surface area contributed by atoms with Gasteiger partial charge in [0.2, 0.25) is 5.91 Å². The number of rotatable bonds is 10. The molecule has 0 aliphatic heterocycles. The summed E-state index contributed by atoms with van der Waals surface area (Å²) in [5.41, 5.74) is 2.37. The smallest absolute Gasteiger partial charge is 0.361 e. The van der Waals surface area contributed by atoms with Crippen molar-refractivity contribution in [1.29, 1.82) is 0 Å². The number of alkyl halides is 3. The average Bonchev–Trinajstić information content (AvgIpc) is 3.33. The van der Waals surface area contributed by atoms with Crippen molar-refractivity contribution in [2.75, 3.05) is 19.6 Å². The molecule has 5 nitrogen and oxygen atoms in total. The van der Waals surface area contributed by atoms with Gasteiger partial charge in [0.05, 0.1) is 5.56 Å². The molecule has 0 saturated heterocycles. The van der Waals surface area contributed by atoms with Crippen LogP contribution in [0.5, 0.6) is 0 Å². The molecule has 0 aliphatic carbocycles. The first-order valence-electron chi connectivity index (χ1n) is 12.9. The Balaban J connectivity index is 1.56. The highest BCUT2D eigenvalue weighted by Crippen LogP contribution is 2.29. The quantitative estimate of drug-likeness (QED) is 0.250. The second kappa shape index (κ2) is 12.2. The summed E-state index contributed by atoms with van der Waals surface area (Å²) in [5.74, 6) is -0.358. The molecule has 1 aromatic heterocycles. The lowest BCUT2D eigenvalue weighted by molar-refractivity contribution is -0.137. The average molecular weight is 536 g/mol. The molecule has 0 unspecified atom stereocenters. The van der Waals surface area contributed by atoms with Crippen molar-refractivity contribution in [2.45, 2.75) is 33.0 Å². The van der Waals surface area contributed by atoms with E-state index in [9.17, 15) is 22.8 Å². The SMILES string of the molecule is CC(C)CN(CC(=O)N(CCc1c[nH]c2ccccc12)Cc1ccc(C(F)(F)F)cc1)C(=O)c1ccccc1. The highest BCUT2D eigenvalue weighted by atomic mass is 19.4. The van der Waals surface area contributed by atoms with Gasteiger partial charge in [-0.2, -0.15) is 13.2 Å². The lowest BCUT2D eigenvalue weighted by atomic mass is 10.1. The van der Waals surface area contributed by atoms with Crippen LogP contribution < -0.4 is 0 Å². The van der Waals surface area contributed by atoms with Crippen LogP contribution in [0.3, 0.4) is 0 Å². The van der Waals surface area contributed by atoms with Crippen LogP contribution in [0.4, 0.5) is 13.2 Å². The fourth-order valence-electron chi connectivity index (χ4n) is 4.59. The fraction of sp³-hybridized carbons (Fsp3) is 0.290. The molecular formula is C31H32F3N3O2. The molecule has 39 heavy (non-hydrogen) atoms. The van der Waals surface area contributed by atoms with Crippen LogP contribution in [0.1, 0.15) is 40.9 Å². The Morgan fingerprint density at radius 2 is 1.54 bits per heavy atom. The van der Waals surface area contributed by atoms with Crippen molar-refractivity contribution in [3.63, 3.8) is 0 Å². The Morgan fingerprint density at radius 3 is 2.21 bits per heavy atom. The van der Waals surface area contributed by atoms with Crippen LogP contribution in [0.2, 0.25) is 0 Å². The second-order valence-corrected chi connectivity index (χ2v) is 10.1. The van der Waals surface area contributed by atoms with E-state index in [-0.39, 0.29) is 30.8 Å². The summed E-state index contributed by atoms with van der Waals surface area (Å²) in [5, 5.41) is 1.06. The monoisotopic (exact) mass is 535 g/mol. The minimum absolute atomic E-state index is 0.125. The Morgan fingerprint density at radius 1 is 0.872 bits per heavy atom. The van der Waals surface area contributed by atoms with E-state index in [4.69, 9.17) is 0 Å². The van der Waals surface area contributed by atoms with Crippen molar-refractivity contribution >= 4 is 22.7 Å². The Bertz CT molecular complexity index is 1400. The summed E-state index contributed by atoms with van der Waals surface area (Å²) >= 11 is 0. The molecule has 0 spiro atoms. The molecule has 2 amide bonds. The second-order valence-electron chi connectivity index (χ2n) is 10.1.